The first kappa shape index (κ1) is 18.1. The fourth-order valence-electron chi connectivity index (χ4n) is 4.84. The number of aryl methyl sites for hydroxylation is 1. The Bertz CT molecular complexity index is 987. The summed E-state index contributed by atoms with van der Waals surface area (Å²) in [5.41, 5.74) is 2.00. The zero-order chi connectivity index (χ0) is 20.2. The number of carbonyl (C=O) groups excluding carboxylic acids is 2. The molecule has 2 bridgehead atoms. The summed E-state index contributed by atoms with van der Waals surface area (Å²) in [6, 6.07) is 5.72. The summed E-state index contributed by atoms with van der Waals surface area (Å²) in [5.74, 6) is -1.09. The van der Waals surface area contributed by atoms with Gasteiger partial charge in [0.05, 0.1) is 36.7 Å². The van der Waals surface area contributed by atoms with Crippen molar-refractivity contribution in [2.45, 2.75) is 31.7 Å². The molecule has 5 heterocycles. The fraction of sp³-hybridized carbons (Fsp3) is 0.429. The maximum atomic E-state index is 13.3. The van der Waals surface area contributed by atoms with Crippen LogP contribution in [0.5, 0.6) is 0 Å². The molecule has 29 heavy (non-hydrogen) atoms. The Morgan fingerprint density at radius 1 is 1.48 bits per heavy atom. The van der Waals surface area contributed by atoms with E-state index < -0.39 is 17.4 Å². The number of hydrogen-bond acceptors (Lipinski definition) is 5. The van der Waals surface area contributed by atoms with Gasteiger partial charge in [0.15, 0.2) is 0 Å². The van der Waals surface area contributed by atoms with Gasteiger partial charge in [-0.05, 0) is 24.6 Å². The van der Waals surface area contributed by atoms with E-state index in [0.29, 0.717) is 19.6 Å². The number of hydrogen-bond donors (Lipinski definition) is 1. The monoisotopic (exact) mass is 393 g/mol. The molecule has 4 atom stereocenters. The van der Waals surface area contributed by atoms with E-state index in [9.17, 15) is 9.59 Å². The molecule has 2 saturated heterocycles. The van der Waals surface area contributed by atoms with Gasteiger partial charge in [-0.1, -0.05) is 18.2 Å². The molecule has 150 valence electrons. The maximum Gasteiger partial charge on any atom is 0.230 e. The fourth-order valence-corrected chi connectivity index (χ4v) is 4.84. The quantitative estimate of drug-likeness (QED) is 0.767. The summed E-state index contributed by atoms with van der Waals surface area (Å²) in [6.45, 7) is 3.24. The molecule has 0 aromatic carbocycles. The molecular formula is C21H23N5O3. The van der Waals surface area contributed by atoms with Crippen molar-refractivity contribution in [2.75, 3.05) is 13.6 Å². The zero-order valence-corrected chi connectivity index (χ0v) is 16.4. The average molecular weight is 393 g/mol. The topological polar surface area (TPSA) is 91.4 Å². The summed E-state index contributed by atoms with van der Waals surface area (Å²) in [7, 11) is 1.75. The highest BCUT2D eigenvalue weighted by Gasteiger charge is 2.67. The second kappa shape index (κ2) is 6.52. The van der Waals surface area contributed by atoms with E-state index in [4.69, 9.17) is 4.74 Å². The van der Waals surface area contributed by atoms with E-state index in [2.05, 4.69) is 15.2 Å². The van der Waals surface area contributed by atoms with Crippen LogP contribution in [0.3, 0.4) is 0 Å². The Morgan fingerprint density at radius 2 is 2.34 bits per heavy atom. The van der Waals surface area contributed by atoms with Crippen LogP contribution in [-0.4, -0.2) is 62.1 Å². The molecule has 1 N–H and O–H groups in total. The molecule has 2 amide bonds. The van der Waals surface area contributed by atoms with Crippen molar-refractivity contribution in [3.63, 3.8) is 0 Å². The third-order valence-corrected chi connectivity index (χ3v) is 6.09. The highest BCUT2D eigenvalue weighted by Crippen LogP contribution is 2.52. The van der Waals surface area contributed by atoms with Gasteiger partial charge >= 0.3 is 0 Å². The van der Waals surface area contributed by atoms with Gasteiger partial charge in [-0.3, -0.25) is 19.7 Å². The summed E-state index contributed by atoms with van der Waals surface area (Å²) < 4.78 is 6.20. The lowest BCUT2D eigenvalue weighted by molar-refractivity contribution is -0.142. The third kappa shape index (κ3) is 2.86. The molecule has 0 radical (unpaired) electrons. The van der Waals surface area contributed by atoms with Crippen LogP contribution in [0, 0.1) is 18.8 Å². The Kier molecular flexibility index (Phi) is 4.06. The van der Waals surface area contributed by atoms with Gasteiger partial charge in [0.2, 0.25) is 11.8 Å². The first-order valence-corrected chi connectivity index (χ1v) is 9.77. The minimum absolute atomic E-state index is 0.0249. The lowest BCUT2D eigenvalue weighted by Crippen LogP contribution is -2.44. The first-order valence-electron chi connectivity index (χ1n) is 9.77. The first-order chi connectivity index (χ1) is 14.0. The van der Waals surface area contributed by atoms with Crippen LogP contribution < -0.4 is 0 Å². The van der Waals surface area contributed by atoms with Crippen molar-refractivity contribution < 1.29 is 14.3 Å². The van der Waals surface area contributed by atoms with Crippen LogP contribution >= 0.6 is 0 Å². The number of likely N-dealkylation sites (tertiary alicyclic amines) is 1. The molecule has 2 fully saturated rings. The number of carbonyl (C=O) groups is 2. The Labute approximate surface area is 168 Å². The summed E-state index contributed by atoms with van der Waals surface area (Å²) in [5, 5.41) is 7.10. The number of nitrogens with one attached hydrogen (secondary N) is 1. The minimum Gasteiger partial charge on any atom is -0.360 e. The van der Waals surface area contributed by atoms with Crippen LogP contribution in [0.25, 0.3) is 0 Å². The lowest BCUT2D eigenvalue weighted by Gasteiger charge is -2.27. The lowest BCUT2D eigenvalue weighted by atomic mass is 9.76. The molecule has 0 saturated carbocycles. The number of pyridine rings is 1. The van der Waals surface area contributed by atoms with E-state index >= 15 is 0 Å². The molecule has 0 unspecified atom stereocenters. The van der Waals surface area contributed by atoms with Gasteiger partial charge < -0.3 is 14.5 Å². The molecule has 1 spiro atoms. The Balaban J connectivity index is 1.36. The molecule has 8 heteroatoms. The minimum atomic E-state index is -0.700. The highest BCUT2D eigenvalue weighted by atomic mass is 16.5. The number of amides is 2. The zero-order valence-electron chi connectivity index (χ0n) is 16.4. The smallest absolute Gasteiger partial charge is 0.230 e. The van der Waals surface area contributed by atoms with E-state index in [1.165, 1.54) is 0 Å². The summed E-state index contributed by atoms with van der Waals surface area (Å²) >= 11 is 0. The van der Waals surface area contributed by atoms with Crippen LogP contribution in [0.4, 0.5) is 0 Å². The van der Waals surface area contributed by atoms with Gasteiger partial charge in [0.1, 0.15) is 5.60 Å². The second-order valence-electron chi connectivity index (χ2n) is 8.19. The van der Waals surface area contributed by atoms with Crippen molar-refractivity contribution in [2.24, 2.45) is 11.8 Å². The predicted molar refractivity (Wildman–Crippen MR) is 103 cm³/mol. The molecule has 8 nitrogen and oxygen atoms in total. The highest BCUT2D eigenvalue weighted by molar-refractivity contribution is 5.93. The van der Waals surface area contributed by atoms with Gasteiger partial charge in [0, 0.05) is 31.7 Å². The predicted octanol–water partition coefficient (Wildman–Crippen LogP) is 1.05. The number of aromatic nitrogens is 3. The van der Waals surface area contributed by atoms with Crippen LogP contribution in [0.1, 0.15) is 17.0 Å². The van der Waals surface area contributed by atoms with E-state index in [0.717, 1.165) is 17.0 Å². The van der Waals surface area contributed by atoms with Crippen molar-refractivity contribution in [1.29, 1.82) is 0 Å². The van der Waals surface area contributed by atoms with E-state index in [-0.39, 0.29) is 17.9 Å². The van der Waals surface area contributed by atoms with E-state index in [1.807, 2.05) is 37.3 Å². The van der Waals surface area contributed by atoms with Crippen LogP contribution in [-0.2, 0) is 27.4 Å². The number of aromatic amines is 1. The number of nitrogens with zero attached hydrogens (tertiary/aromatic N) is 4. The average Bonchev–Trinajstić information content (AvgIpc) is 3.44. The Hall–Kier alpha value is -3.00. The molecular weight excluding hydrogens is 370 g/mol. The molecule has 2 aromatic heterocycles. The van der Waals surface area contributed by atoms with E-state index in [1.54, 1.807) is 29.2 Å². The summed E-state index contributed by atoms with van der Waals surface area (Å²) in [6.07, 6.45) is 7.04. The normalized spacial score (nSPS) is 29.5. The van der Waals surface area contributed by atoms with Gasteiger partial charge in [-0.15, -0.1) is 0 Å². The van der Waals surface area contributed by atoms with Gasteiger partial charge in [-0.25, -0.2) is 0 Å². The standard InChI is InChI=1S/C21H23N5O3/c1-13-8-15(24-23-13)11-25(2)19(27)17-16-5-6-21(29-16)12-26(20(28)18(17)21)10-14-4-3-7-22-9-14/h3-9,16-18H,10-12H2,1-2H3,(H,23,24)/t16-,17+,18+,21-/m0/s1. The van der Waals surface area contributed by atoms with Gasteiger partial charge in [-0.2, -0.15) is 5.10 Å². The molecule has 0 aliphatic carbocycles. The molecule has 3 aliphatic heterocycles. The number of H-pyrrole nitrogens is 1. The molecule has 5 rings (SSSR count). The van der Waals surface area contributed by atoms with Crippen molar-refractivity contribution in [3.05, 3.63) is 59.7 Å². The number of fused-ring (bicyclic) bond motifs is 1. The second-order valence-corrected chi connectivity index (χ2v) is 8.19. The Morgan fingerprint density at radius 3 is 3.07 bits per heavy atom. The van der Waals surface area contributed by atoms with Gasteiger partial charge in [0.25, 0.3) is 0 Å². The van der Waals surface area contributed by atoms with Crippen molar-refractivity contribution in [3.8, 4) is 0 Å². The van der Waals surface area contributed by atoms with Crippen LogP contribution in [0.2, 0.25) is 0 Å². The SMILES string of the molecule is Cc1cc(CN(C)C(=O)[C@@H]2[C@@H]3C=C[C@@]4(CN(Cc5cccnc5)C(=O)[C@@H]24)O3)n[nH]1. The van der Waals surface area contributed by atoms with Crippen LogP contribution in [0.15, 0.2) is 42.7 Å². The molecule has 3 aliphatic rings. The number of rotatable bonds is 5. The maximum absolute atomic E-state index is 13.3. The third-order valence-electron chi connectivity index (χ3n) is 6.09. The number of ether oxygens (including phenoxy) is 1. The summed E-state index contributed by atoms with van der Waals surface area (Å²) in [4.78, 5) is 34.1. The molecule has 2 aromatic rings. The van der Waals surface area contributed by atoms with Crippen molar-refractivity contribution >= 4 is 11.8 Å². The largest absolute Gasteiger partial charge is 0.360 e. The van der Waals surface area contributed by atoms with Crippen molar-refractivity contribution in [1.82, 2.24) is 25.0 Å².